The minimum absolute atomic E-state index is 0.177. The number of nitrogens with one attached hydrogen (secondary N) is 1. The molecule has 1 aromatic rings. The maximum absolute atomic E-state index is 12.6. The number of hydrogen-bond acceptors (Lipinski definition) is 3. The zero-order valence-corrected chi connectivity index (χ0v) is 11.0. The summed E-state index contributed by atoms with van der Waals surface area (Å²) >= 11 is 0. The fourth-order valence-corrected chi connectivity index (χ4v) is 2.54. The van der Waals surface area contributed by atoms with Crippen LogP contribution in [0.3, 0.4) is 0 Å². The lowest BCUT2D eigenvalue weighted by molar-refractivity contribution is -0.137. The maximum Gasteiger partial charge on any atom is 0.416 e. The highest BCUT2D eigenvalue weighted by molar-refractivity contribution is 5.69. The van der Waals surface area contributed by atoms with E-state index < -0.39 is 11.7 Å². The molecule has 0 bridgehead atoms. The van der Waals surface area contributed by atoms with Gasteiger partial charge in [0.1, 0.15) is 0 Å². The van der Waals surface area contributed by atoms with Crippen LogP contribution in [0.15, 0.2) is 18.2 Å². The van der Waals surface area contributed by atoms with Gasteiger partial charge in [0.05, 0.1) is 16.9 Å². The number of halogens is 3. The van der Waals surface area contributed by atoms with Crippen molar-refractivity contribution in [2.75, 3.05) is 23.7 Å². The Morgan fingerprint density at radius 1 is 1.21 bits per heavy atom. The molecule has 1 aliphatic heterocycles. The van der Waals surface area contributed by atoms with Gasteiger partial charge in [-0.25, -0.2) is 0 Å². The van der Waals surface area contributed by atoms with Crippen molar-refractivity contribution in [1.29, 1.82) is 0 Å². The third-order valence-electron chi connectivity index (χ3n) is 3.25. The van der Waals surface area contributed by atoms with Crippen LogP contribution >= 0.6 is 0 Å². The second-order valence-corrected chi connectivity index (χ2v) is 5.15. The standard InChI is InChI=1S/C13H18F3N3/c1-8-6-19(7-9(2)18-8)12-4-3-10(5-11(12)17)13(14,15)16/h3-5,8-9,18H,6-7,17H2,1-2H3/t8-,9-/m0/s1. The van der Waals surface area contributed by atoms with Crippen molar-refractivity contribution in [3.8, 4) is 0 Å². The lowest BCUT2D eigenvalue weighted by Crippen LogP contribution is -2.54. The monoisotopic (exact) mass is 273 g/mol. The third kappa shape index (κ3) is 3.12. The summed E-state index contributed by atoms with van der Waals surface area (Å²) in [6.07, 6.45) is -4.35. The molecular formula is C13H18F3N3. The summed E-state index contributed by atoms with van der Waals surface area (Å²) in [5, 5.41) is 3.37. The lowest BCUT2D eigenvalue weighted by Gasteiger charge is -2.38. The SMILES string of the molecule is C[C@H]1CN(c2ccc(C(F)(F)F)cc2N)C[C@H](C)N1. The maximum atomic E-state index is 12.6. The number of rotatable bonds is 1. The largest absolute Gasteiger partial charge is 0.416 e. The Morgan fingerprint density at radius 3 is 2.26 bits per heavy atom. The van der Waals surface area contributed by atoms with Crippen molar-refractivity contribution in [2.45, 2.75) is 32.1 Å². The van der Waals surface area contributed by atoms with Crippen molar-refractivity contribution >= 4 is 11.4 Å². The van der Waals surface area contributed by atoms with E-state index in [0.717, 1.165) is 25.2 Å². The second-order valence-electron chi connectivity index (χ2n) is 5.15. The predicted molar refractivity (Wildman–Crippen MR) is 70.1 cm³/mol. The van der Waals surface area contributed by atoms with E-state index in [4.69, 9.17) is 5.73 Å². The number of anilines is 2. The number of alkyl halides is 3. The van der Waals surface area contributed by atoms with E-state index in [-0.39, 0.29) is 17.8 Å². The first-order valence-corrected chi connectivity index (χ1v) is 6.25. The number of hydrogen-bond donors (Lipinski definition) is 2. The summed E-state index contributed by atoms with van der Waals surface area (Å²) in [6.45, 7) is 5.56. The van der Waals surface area contributed by atoms with Gasteiger partial charge < -0.3 is 16.0 Å². The number of benzene rings is 1. The molecule has 0 radical (unpaired) electrons. The smallest absolute Gasteiger partial charge is 0.397 e. The zero-order valence-electron chi connectivity index (χ0n) is 11.0. The molecule has 6 heteroatoms. The third-order valence-corrected chi connectivity index (χ3v) is 3.25. The molecule has 0 saturated carbocycles. The Bertz CT molecular complexity index is 449. The number of nitrogen functional groups attached to an aromatic ring is 1. The highest BCUT2D eigenvalue weighted by Crippen LogP contribution is 2.34. The normalized spacial score (nSPS) is 24.6. The Kier molecular flexibility index (Phi) is 3.62. The molecule has 106 valence electrons. The average molecular weight is 273 g/mol. The van der Waals surface area contributed by atoms with E-state index in [1.807, 2.05) is 18.7 Å². The van der Waals surface area contributed by atoms with Crippen molar-refractivity contribution in [1.82, 2.24) is 5.32 Å². The molecule has 1 saturated heterocycles. The van der Waals surface area contributed by atoms with E-state index in [2.05, 4.69) is 5.32 Å². The summed E-state index contributed by atoms with van der Waals surface area (Å²) in [7, 11) is 0. The van der Waals surface area contributed by atoms with E-state index in [0.29, 0.717) is 5.69 Å². The summed E-state index contributed by atoms with van der Waals surface area (Å²) in [4.78, 5) is 2.03. The topological polar surface area (TPSA) is 41.3 Å². The van der Waals surface area contributed by atoms with Gasteiger partial charge in [-0.1, -0.05) is 0 Å². The van der Waals surface area contributed by atoms with Crippen LogP contribution in [0, 0.1) is 0 Å². The fourth-order valence-electron chi connectivity index (χ4n) is 2.54. The van der Waals surface area contributed by atoms with Crippen LogP contribution in [0.1, 0.15) is 19.4 Å². The Hall–Kier alpha value is -1.43. The highest BCUT2D eigenvalue weighted by atomic mass is 19.4. The molecule has 3 N–H and O–H groups in total. The quantitative estimate of drug-likeness (QED) is 0.772. The average Bonchev–Trinajstić information content (AvgIpc) is 2.26. The van der Waals surface area contributed by atoms with E-state index in [1.54, 1.807) is 0 Å². The summed E-state index contributed by atoms with van der Waals surface area (Å²) < 4.78 is 37.8. The molecule has 0 aliphatic carbocycles. The minimum Gasteiger partial charge on any atom is -0.397 e. The van der Waals surface area contributed by atoms with Crippen LogP contribution in [-0.2, 0) is 6.18 Å². The van der Waals surface area contributed by atoms with Gasteiger partial charge >= 0.3 is 6.18 Å². The van der Waals surface area contributed by atoms with Crippen LogP contribution in [-0.4, -0.2) is 25.2 Å². The predicted octanol–water partition coefficient (Wildman–Crippen LogP) is 2.47. The Balaban J connectivity index is 2.26. The van der Waals surface area contributed by atoms with Crippen molar-refractivity contribution in [2.24, 2.45) is 0 Å². The van der Waals surface area contributed by atoms with E-state index in [1.165, 1.54) is 6.07 Å². The first-order valence-electron chi connectivity index (χ1n) is 6.25. The molecule has 1 heterocycles. The van der Waals surface area contributed by atoms with Gasteiger partial charge in [-0.05, 0) is 32.0 Å². The van der Waals surface area contributed by atoms with Gasteiger partial charge in [-0.3, -0.25) is 0 Å². The summed E-state index contributed by atoms with van der Waals surface area (Å²) in [5.41, 5.74) is 5.93. The lowest BCUT2D eigenvalue weighted by atomic mass is 10.1. The highest BCUT2D eigenvalue weighted by Gasteiger charge is 2.31. The van der Waals surface area contributed by atoms with E-state index >= 15 is 0 Å². The zero-order chi connectivity index (χ0) is 14.2. The molecule has 0 unspecified atom stereocenters. The van der Waals surface area contributed by atoms with Gasteiger partial charge in [0, 0.05) is 25.2 Å². The minimum atomic E-state index is -4.35. The summed E-state index contributed by atoms with van der Waals surface area (Å²) in [5.74, 6) is 0. The molecule has 0 spiro atoms. The van der Waals surface area contributed by atoms with Crippen LogP contribution < -0.4 is 16.0 Å². The molecule has 2 atom stereocenters. The van der Waals surface area contributed by atoms with Crippen LogP contribution in [0.4, 0.5) is 24.5 Å². The molecule has 1 fully saturated rings. The number of nitrogens with zero attached hydrogens (tertiary/aromatic N) is 1. The van der Waals surface area contributed by atoms with Gasteiger partial charge in [-0.2, -0.15) is 13.2 Å². The van der Waals surface area contributed by atoms with Crippen molar-refractivity contribution in [3.63, 3.8) is 0 Å². The molecular weight excluding hydrogens is 255 g/mol. The van der Waals surface area contributed by atoms with Gasteiger partial charge in [0.15, 0.2) is 0 Å². The second kappa shape index (κ2) is 4.92. The Morgan fingerprint density at radius 2 is 1.79 bits per heavy atom. The molecule has 1 aliphatic rings. The van der Waals surface area contributed by atoms with Crippen molar-refractivity contribution < 1.29 is 13.2 Å². The van der Waals surface area contributed by atoms with E-state index in [9.17, 15) is 13.2 Å². The van der Waals surface area contributed by atoms with Crippen LogP contribution in [0.2, 0.25) is 0 Å². The van der Waals surface area contributed by atoms with Gasteiger partial charge in [0.2, 0.25) is 0 Å². The molecule has 0 amide bonds. The fraction of sp³-hybridized carbons (Fsp3) is 0.538. The first kappa shape index (κ1) is 14.0. The molecule has 0 aromatic heterocycles. The summed E-state index contributed by atoms with van der Waals surface area (Å²) in [6, 6.07) is 4.12. The van der Waals surface area contributed by atoms with Crippen molar-refractivity contribution in [3.05, 3.63) is 23.8 Å². The number of piperazine rings is 1. The molecule has 19 heavy (non-hydrogen) atoms. The molecule has 1 aromatic carbocycles. The molecule has 2 rings (SSSR count). The van der Waals surface area contributed by atoms with Gasteiger partial charge in [0.25, 0.3) is 0 Å². The Labute approximate surface area is 110 Å². The van der Waals surface area contributed by atoms with Gasteiger partial charge in [-0.15, -0.1) is 0 Å². The number of nitrogens with two attached hydrogens (primary N) is 1. The first-order chi connectivity index (χ1) is 8.77. The van der Waals surface area contributed by atoms with Crippen LogP contribution in [0.25, 0.3) is 0 Å². The molecule has 3 nitrogen and oxygen atoms in total. The van der Waals surface area contributed by atoms with Crippen LogP contribution in [0.5, 0.6) is 0 Å².